The van der Waals surface area contributed by atoms with Gasteiger partial charge in [-0.15, -0.1) is 0 Å². The van der Waals surface area contributed by atoms with Gasteiger partial charge in [-0.3, -0.25) is 24.0 Å². The first-order valence-electron chi connectivity index (χ1n) is 13.8. The van der Waals surface area contributed by atoms with Crippen LogP contribution >= 0.6 is 0 Å². The van der Waals surface area contributed by atoms with Crippen molar-refractivity contribution in [2.24, 2.45) is 41.2 Å². The highest BCUT2D eigenvalue weighted by atomic mass is 16.3. The lowest BCUT2D eigenvalue weighted by molar-refractivity contribution is -0.182. The summed E-state index contributed by atoms with van der Waals surface area (Å²) in [6.45, 7) is 3.64. The van der Waals surface area contributed by atoms with E-state index in [0.29, 0.717) is 16.8 Å². The fourth-order valence-electron chi connectivity index (χ4n) is 7.24. The number of amides is 1. The van der Waals surface area contributed by atoms with Crippen LogP contribution in [0, 0.1) is 35.5 Å². The summed E-state index contributed by atoms with van der Waals surface area (Å²) >= 11 is 0. The number of rotatable bonds is 6. The van der Waals surface area contributed by atoms with Crippen LogP contribution in [-0.2, 0) is 32.1 Å². The van der Waals surface area contributed by atoms with Gasteiger partial charge in [-0.1, -0.05) is 32.0 Å². The number of hydrogen-bond donors (Lipinski definition) is 4. The molecule has 0 bridgehead atoms. The van der Waals surface area contributed by atoms with E-state index in [1.807, 2.05) is 49.3 Å². The van der Waals surface area contributed by atoms with E-state index in [1.165, 1.54) is 0 Å². The number of phenolic OH excluding ortho intramolecular Hbond substituents is 1. The normalized spacial score (nSPS) is 29.1. The van der Waals surface area contributed by atoms with Crippen LogP contribution in [0.15, 0.2) is 36.4 Å². The van der Waals surface area contributed by atoms with Crippen LogP contribution in [0.4, 0.5) is 11.4 Å². The molecule has 3 aliphatic rings. The highest BCUT2D eigenvalue weighted by Crippen LogP contribution is 2.54. The third-order valence-corrected chi connectivity index (χ3v) is 9.11. The molecule has 2 aromatic rings. The molecule has 10 nitrogen and oxygen atoms in total. The van der Waals surface area contributed by atoms with E-state index >= 15 is 0 Å². The number of hydrogen-bond acceptors (Lipinski definition) is 9. The summed E-state index contributed by atoms with van der Waals surface area (Å²) < 4.78 is 0. The maximum atomic E-state index is 14.1. The number of aliphatic hydroxyl groups is 1. The van der Waals surface area contributed by atoms with Gasteiger partial charge in [0.2, 0.25) is 5.91 Å². The van der Waals surface area contributed by atoms with Gasteiger partial charge >= 0.3 is 0 Å². The fraction of sp³-hybridized carbons (Fsp3) is 0.452. The molecule has 0 spiro atoms. The first kappa shape index (κ1) is 28.5. The topological polar surface area (TPSA) is 167 Å². The van der Waals surface area contributed by atoms with Crippen molar-refractivity contribution in [2.75, 3.05) is 24.3 Å². The number of ketones is 4. The predicted molar refractivity (Wildman–Crippen MR) is 150 cm³/mol. The smallest absolute Gasteiger partial charge is 0.235 e. The van der Waals surface area contributed by atoms with Gasteiger partial charge in [0.1, 0.15) is 5.75 Å². The van der Waals surface area contributed by atoms with Crippen LogP contribution < -0.4 is 16.0 Å². The molecule has 5 rings (SSSR count). The number of Topliss-reactive ketones (excluding diaryl/α,β-unsaturated/α-hetero) is 4. The van der Waals surface area contributed by atoms with Crippen LogP contribution in [0.5, 0.6) is 5.75 Å². The second-order valence-corrected chi connectivity index (χ2v) is 12.0. The number of aromatic hydroxyl groups is 1. The minimum Gasteiger partial charge on any atom is -0.507 e. The Kier molecular flexibility index (Phi) is 7.01. The first-order valence-corrected chi connectivity index (χ1v) is 13.8. The van der Waals surface area contributed by atoms with Crippen molar-refractivity contribution in [2.45, 2.75) is 38.8 Å². The second-order valence-electron chi connectivity index (χ2n) is 12.0. The summed E-state index contributed by atoms with van der Waals surface area (Å²) in [5.41, 5.74) is 5.21. The van der Waals surface area contributed by atoms with Gasteiger partial charge in [-0.05, 0) is 48.4 Å². The lowest BCUT2D eigenvalue weighted by atomic mass is 9.49. The van der Waals surface area contributed by atoms with Crippen LogP contribution in [0.25, 0.3) is 0 Å². The van der Waals surface area contributed by atoms with Gasteiger partial charge in [0.05, 0.1) is 11.5 Å². The number of fused-ring (bicyclic) bond motifs is 3. The molecule has 3 aliphatic carbocycles. The molecule has 0 heterocycles. The van der Waals surface area contributed by atoms with E-state index < -0.39 is 70.1 Å². The lowest BCUT2D eigenvalue weighted by Gasteiger charge is -2.52. The Bertz CT molecular complexity index is 1470. The van der Waals surface area contributed by atoms with Crippen LogP contribution in [0.2, 0.25) is 0 Å². The molecular weight excluding hydrogens is 526 g/mol. The third kappa shape index (κ3) is 4.23. The summed E-state index contributed by atoms with van der Waals surface area (Å²) in [5.74, 6) is -11.6. The largest absolute Gasteiger partial charge is 0.507 e. The summed E-state index contributed by atoms with van der Waals surface area (Å²) in [6.07, 6.45) is 0.277. The molecule has 2 saturated carbocycles. The molecule has 6 atom stereocenters. The highest BCUT2D eigenvalue weighted by molar-refractivity contribution is 6.32. The van der Waals surface area contributed by atoms with Crippen molar-refractivity contribution in [3.05, 3.63) is 53.1 Å². The van der Waals surface area contributed by atoms with Crippen molar-refractivity contribution in [3.8, 4) is 5.75 Å². The molecule has 2 aromatic carbocycles. The summed E-state index contributed by atoms with van der Waals surface area (Å²) in [7, 11) is 3.64. The van der Waals surface area contributed by atoms with Gasteiger partial charge < -0.3 is 26.2 Å². The standard InChI is InChI=1S/C31H35N3O7/c1-14(2)21-19-11-15-10-18-20(34(3)4)12-16(13-33-17-8-6-5-7-9-17)25(35)23(18)27(37)22(15)28(38)31(19,41)29(39)24(26(21)36)30(32)40/h5-9,12,14-15,19,21-22,24,33,35,41H,10-11,13H2,1-4H3,(H2,32,40)/t15-,19-,21-,22?,24?,31-/m0/s1. The minimum atomic E-state index is -2.71. The summed E-state index contributed by atoms with van der Waals surface area (Å²) in [5, 5.41) is 26.3. The van der Waals surface area contributed by atoms with Crippen molar-refractivity contribution >= 4 is 40.4 Å². The number of primary amides is 1. The molecule has 2 fully saturated rings. The average Bonchev–Trinajstić information content (AvgIpc) is 2.90. The van der Waals surface area contributed by atoms with Crippen molar-refractivity contribution in [3.63, 3.8) is 0 Å². The summed E-state index contributed by atoms with van der Waals surface area (Å²) in [6, 6.07) is 11.1. The van der Waals surface area contributed by atoms with E-state index in [-0.39, 0.29) is 30.7 Å². The van der Waals surface area contributed by atoms with Crippen molar-refractivity contribution < 1.29 is 34.2 Å². The van der Waals surface area contributed by atoms with Crippen LogP contribution in [0.3, 0.4) is 0 Å². The van der Waals surface area contributed by atoms with E-state index in [4.69, 9.17) is 5.73 Å². The van der Waals surface area contributed by atoms with Crippen LogP contribution in [0.1, 0.15) is 41.8 Å². The molecule has 0 aromatic heterocycles. The number of nitrogens with zero attached hydrogens (tertiary/aromatic N) is 1. The minimum absolute atomic E-state index is 0.0103. The van der Waals surface area contributed by atoms with Gasteiger partial charge in [0.15, 0.2) is 34.7 Å². The maximum Gasteiger partial charge on any atom is 0.235 e. The Morgan fingerprint density at radius 2 is 1.78 bits per heavy atom. The predicted octanol–water partition coefficient (Wildman–Crippen LogP) is 1.89. The number of nitrogens with two attached hydrogens (primary N) is 1. The molecule has 0 radical (unpaired) electrons. The Labute approximate surface area is 237 Å². The average molecular weight is 562 g/mol. The molecule has 2 unspecified atom stereocenters. The maximum absolute atomic E-state index is 14.1. The van der Waals surface area contributed by atoms with Gasteiger partial charge in [-0.25, -0.2) is 0 Å². The van der Waals surface area contributed by atoms with Crippen molar-refractivity contribution in [1.82, 2.24) is 0 Å². The molecule has 5 N–H and O–H groups in total. The van der Waals surface area contributed by atoms with Crippen molar-refractivity contribution in [1.29, 1.82) is 0 Å². The lowest BCUT2D eigenvalue weighted by Crippen LogP contribution is -2.71. The third-order valence-electron chi connectivity index (χ3n) is 9.11. The van der Waals surface area contributed by atoms with Gasteiger partial charge in [-0.2, -0.15) is 0 Å². The van der Waals surface area contributed by atoms with E-state index in [9.17, 15) is 34.2 Å². The fourth-order valence-corrected chi connectivity index (χ4v) is 7.24. The first-order chi connectivity index (χ1) is 19.3. The number of anilines is 2. The van der Waals surface area contributed by atoms with E-state index in [2.05, 4.69) is 5.32 Å². The monoisotopic (exact) mass is 561 g/mol. The number of carbonyl (C=O) groups excluding carboxylic acids is 5. The number of nitrogens with one attached hydrogen (secondary N) is 1. The Hall–Kier alpha value is -4.05. The van der Waals surface area contributed by atoms with Gasteiger partial charge in [0.25, 0.3) is 0 Å². The number of carbonyl (C=O) groups is 5. The molecule has 10 heteroatoms. The Morgan fingerprint density at radius 1 is 1.12 bits per heavy atom. The second kappa shape index (κ2) is 10.1. The highest BCUT2D eigenvalue weighted by Gasteiger charge is 2.69. The zero-order chi connectivity index (χ0) is 30.0. The molecule has 1 amide bonds. The Balaban J connectivity index is 1.60. The van der Waals surface area contributed by atoms with Gasteiger partial charge in [0, 0.05) is 49.4 Å². The quantitative estimate of drug-likeness (QED) is 0.385. The molecular formula is C31H35N3O7. The van der Waals surface area contributed by atoms with Crippen LogP contribution in [-0.4, -0.2) is 58.9 Å². The Morgan fingerprint density at radius 3 is 2.37 bits per heavy atom. The molecule has 0 saturated heterocycles. The summed E-state index contributed by atoms with van der Waals surface area (Å²) in [4.78, 5) is 68.9. The zero-order valence-electron chi connectivity index (χ0n) is 23.5. The van der Waals surface area contributed by atoms with E-state index in [0.717, 1.165) is 5.69 Å². The van der Waals surface area contributed by atoms with E-state index in [1.54, 1.807) is 19.9 Å². The molecule has 0 aliphatic heterocycles. The SMILES string of the molecule is CC(C)[C@@H]1C(=O)C(C(N)=O)C(=O)[C@@]2(O)C(=O)C3C(=O)c4c(O)c(CNc5ccccc5)cc(N(C)C)c4C[C@H]3C[C@@H]12. The number of para-hydroxylation sites is 1. The molecule has 216 valence electrons. The molecule has 41 heavy (non-hydrogen) atoms. The zero-order valence-corrected chi connectivity index (χ0v) is 23.5. The number of phenols is 1. The number of benzene rings is 2.